The lowest BCUT2D eigenvalue weighted by atomic mass is 9.55. The summed E-state index contributed by atoms with van der Waals surface area (Å²) < 4.78 is 0. The van der Waals surface area contributed by atoms with Gasteiger partial charge in [-0.3, -0.25) is 0 Å². The molecule has 0 unspecified atom stereocenters. The van der Waals surface area contributed by atoms with Crippen LogP contribution in [0.15, 0.2) is 36.4 Å². The van der Waals surface area contributed by atoms with Gasteiger partial charge in [-0.1, -0.05) is 68.1 Å². The summed E-state index contributed by atoms with van der Waals surface area (Å²) in [6.45, 7) is 8.09. The molecule has 0 spiro atoms. The summed E-state index contributed by atoms with van der Waals surface area (Å²) in [5, 5.41) is 10.4. The molecular weight excluding hydrogens is 303 g/mol. The summed E-state index contributed by atoms with van der Waals surface area (Å²) in [7, 11) is 2.32. The van der Waals surface area contributed by atoms with Crippen LogP contribution in [-0.4, -0.2) is 18.0 Å². The molecule has 25 heavy (non-hydrogen) atoms. The minimum atomic E-state index is -0.698. The summed E-state index contributed by atoms with van der Waals surface area (Å²) in [4.78, 5) is 0. The first-order chi connectivity index (χ1) is 11.8. The Morgan fingerprint density at radius 1 is 0.960 bits per heavy atom. The van der Waals surface area contributed by atoms with Crippen LogP contribution in [0.1, 0.15) is 49.9 Å². The van der Waals surface area contributed by atoms with E-state index in [0.717, 1.165) is 19.2 Å². The van der Waals surface area contributed by atoms with Crippen LogP contribution in [0, 0.1) is 5.41 Å². The monoisotopic (exact) mass is 329 g/mol. The summed E-state index contributed by atoms with van der Waals surface area (Å²) in [6.07, 6.45) is 7.48. The van der Waals surface area contributed by atoms with Crippen molar-refractivity contribution < 1.29 is 5.11 Å². The van der Waals surface area contributed by atoms with Gasteiger partial charge in [0.25, 0.3) is 0 Å². The van der Waals surface area contributed by atoms with Crippen LogP contribution in [0.25, 0.3) is 17.2 Å². The highest BCUT2D eigenvalue weighted by Gasteiger charge is 2.35. The van der Waals surface area contributed by atoms with E-state index in [1.807, 2.05) is 13.8 Å². The Balaban J connectivity index is 1.65. The maximum Gasteiger partial charge on any atom is 0.152 e. The second-order valence-electron chi connectivity index (χ2n) is 8.67. The van der Waals surface area contributed by atoms with Gasteiger partial charge in [0.2, 0.25) is 0 Å². The van der Waals surface area contributed by atoms with Gasteiger partial charge in [-0.05, 0) is 65.5 Å². The minimum Gasteiger partial charge on any atom is -0.390 e. The summed E-state index contributed by atoms with van der Waals surface area (Å²) in [5.41, 5.74) is 9.13. The second kappa shape index (κ2) is 5.61. The Labute approximate surface area is 152 Å². The lowest BCUT2D eigenvalue weighted by Crippen LogP contribution is -2.41. The van der Waals surface area contributed by atoms with Crippen molar-refractivity contribution in [2.75, 3.05) is 0 Å². The van der Waals surface area contributed by atoms with Crippen LogP contribution < -0.4 is 5.46 Å². The Morgan fingerprint density at radius 2 is 1.72 bits per heavy atom. The summed E-state index contributed by atoms with van der Waals surface area (Å²) in [6, 6.07) is 11.2. The minimum absolute atomic E-state index is 0.160. The Kier molecular flexibility index (Phi) is 3.74. The van der Waals surface area contributed by atoms with E-state index in [4.69, 9.17) is 0 Å². The number of fused-ring (bicyclic) bond motifs is 5. The molecule has 0 fully saturated rings. The standard InChI is InChI=1S/C23H26BO/c1-22(2,23(3,4)25)14-24-21-10-6-9-17-18-12-11-15-7-5-8-16(15)19(18)13-20(17)21/h5-7,9-12,25H,8,13-14H2,1-4H3. The van der Waals surface area contributed by atoms with E-state index in [-0.39, 0.29) is 5.41 Å². The molecular formula is C23H26BO. The highest BCUT2D eigenvalue weighted by molar-refractivity contribution is 6.54. The van der Waals surface area contributed by atoms with Crippen LogP contribution >= 0.6 is 0 Å². The van der Waals surface area contributed by atoms with Gasteiger partial charge in [-0.2, -0.15) is 0 Å². The van der Waals surface area contributed by atoms with Gasteiger partial charge >= 0.3 is 0 Å². The molecule has 0 aliphatic heterocycles. The molecule has 1 radical (unpaired) electrons. The van der Waals surface area contributed by atoms with Crippen LogP contribution in [0.3, 0.4) is 0 Å². The summed E-state index contributed by atoms with van der Waals surface area (Å²) in [5.74, 6) is 0. The first-order valence-corrected chi connectivity index (χ1v) is 9.27. The largest absolute Gasteiger partial charge is 0.390 e. The van der Waals surface area contributed by atoms with Crippen molar-refractivity contribution in [1.29, 1.82) is 0 Å². The lowest BCUT2D eigenvalue weighted by Gasteiger charge is -2.37. The van der Waals surface area contributed by atoms with E-state index in [1.54, 1.807) is 0 Å². The molecule has 2 aromatic rings. The lowest BCUT2D eigenvalue weighted by molar-refractivity contribution is -0.0236. The van der Waals surface area contributed by atoms with Crippen LogP contribution in [0.4, 0.5) is 0 Å². The third-order valence-corrected chi connectivity index (χ3v) is 6.43. The maximum atomic E-state index is 10.4. The molecule has 0 atom stereocenters. The SMILES string of the molecule is CC(C)(O)C(C)(C)C[B]c1cccc2c1Cc1c-2ccc2c1CC=C2. The van der Waals surface area contributed by atoms with Crippen LogP contribution in [0.5, 0.6) is 0 Å². The van der Waals surface area contributed by atoms with Crippen molar-refractivity contribution in [3.63, 3.8) is 0 Å². The molecule has 0 bridgehead atoms. The Hall–Kier alpha value is -1.80. The van der Waals surface area contributed by atoms with E-state index in [0.29, 0.717) is 0 Å². The van der Waals surface area contributed by atoms with E-state index in [2.05, 4.69) is 63.6 Å². The number of allylic oxidation sites excluding steroid dienone is 1. The maximum absolute atomic E-state index is 10.4. The van der Waals surface area contributed by atoms with E-state index in [9.17, 15) is 5.11 Å². The number of hydrogen-bond donors (Lipinski definition) is 1. The van der Waals surface area contributed by atoms with Crippen molar-refractivity contribution in [3.8, 4) is 11.1 Å². The molecule has 0 heterocycles. The zero-order valence-corrected chi connectivity index (χ0v) is 15.7. The van der Waals surface area contributed by atoms with Gasteiger partial charge in [-0.15, -0.1) is 0 Å². The zero-order valence-electron chi connectivity index (χ0n) is 15.7. The molecule has 4 rings (SSSR count). The van der Waals surface area contributed by atoms with Gasteiger partial charge in [0.15, 0.2) is 7.28 Å². The molecule has 127 valence electrons. The Bertz CT molecular complexity index is 868. The number of rotatable bonds is 4. The fraction of sp³-hybridized carbons (Fsp3) is 0.391. The Morgan fingerprint density at radius 3 is 2.48 bits per heavy atom. The fourth-order valence-corrected chi connectivity index (χ4v) is 3.90. The highest BCUT2D eigenvalue weighted by Crippen LogP contribution is 2.41. The normalized spacial score (nSPS) is 15.1. The van der Waals surface area contributed by atoms with Gasteiger partial charge in [0, 0.05) is 0 Å². The van der Waals surface area contributed by atoms with Gasteiger partial charge in [-0.25, -0.2) is 0 Å². The van der Waals surface area contributed by atoms with Crippen molar-refractivity contribution >= 4 is 18.8 Å². The molecule has 2 heteroatoms. The predicted molar refractivity (Wildman–Crippen MR) is 108 cm³/mol. The quantitative estimate of drug-likeness (QED) is 0.705. The van der Waals surface area contributed by atoms with Gasteiger partial charge in [0.1, 0.15) is 0 Å². The van der Waals surface area contributed by atoms with Gasteiger partial charge in [0.05, 0.1) is 5.60 Å². The van der Waals surface area contributed by atoms with Crippen LogP contribution in [-0.2, 0) is 12.8 Å². The highest BCUT2D eigenvalue weighted by atomic mass is 16.3. The average molecular weight is 329 g/mol. The van der Waals surface area contributed by atoms with Gasteiger partial charge < -0.3 is 5.11 Å². The average Bonchev–Trinajstić information content (AvgIpc) is 3.15. The molecule has 2 aromatic carbocycles. The predicted octanol–water partition coefficient (Wildman–Crippen LogP) is 4.37. The van der Waals surface area contributed by atoms with Crippen molar-refractivity contribution in [1.82, 2.24) is 0 Å². The zero-order chi connectivity index (χ0) is 17.8. The third-order valence-electron chi connectivity index (χ3n) is 6.43. The molecule has 0 amide bonds. The summed E-state index contributed by atoms with van der Waals surface area (Å²) >= 11 is 0. The molecule has 2 aliphatic rings. The first kappa shape index (κ1) is 16.7. The molecule has 2 aliphatic carbocycles. The topological polar surface area (TPSA) is 20.2 Å². The second-order valence-corrected chi connectivity index (χ2v) is 8.67. The van der Waals surface area contributed by atoms with Crippen molar-refractivity contribution in [2.24, 2.45) is 5.41 Å². The molecule has 1 nitrogen and oxygen atoms in total. The van der Waals surface area contributed by atoms with Crippen molar-refractivity contribution in [2.45, 2.75) is 52.5 Å². The van der Waals surface area contributed by atoms with Crippen LogP contribution in [0.2, 0.25) is 6.32 Å². The van der Waals surface area contributed by atoms with E-state index >= 15 is 0 Å². The molecule has 0 saturated heterocycles. The number of benzene rings is 2. The van der Waals surface area contributed by atoms with E-state index in [1.165, 1.54) is 38.8 Å². The third kappa shape index (κ3) is 2.68. The molecule has 0 saturated carbocycles. The molecule has 1 N–H and O–H groups in total. The van der Waals surface area contributed by atoms with E-state index < -0.39 is 5.60 Å². The number of hydrogen-bond acceptors (Lipinski definition) is 1. The smallest absolute Gasteiger partial charge is 0.152 e. The fourth-order valence-electron chi connectivity index (χ4n) is 3.90. The number of aliphatic hydroxyl groups is 1. The first-order valence-electron chi connectivity index (χ1n) is 9.27. The van der Waals surface area contributed by atoms with Crippen molar-refractivity contribution in [3.05, 3.63) is 58.7 Å². The molecule has 0 aromatic heterocycles.